The van der Waals surface area contributed by atoms with Crippen LogP contribution in [0, 0.1) is 0 Å². The third-order valence-corrected chi connectivity index (χ3v) is 4.43. The molecule has 0 aliphatic rings. The summed E-state index contributed by atoms with van der Waals surface area (Å²) in [5, 5.41) is 15.8. The van der Waals surface area contributed by atoms with Gasteiger partial charge in [0.05, 0.1) is 22.4 Å². The maximum absolute atomic E-state index is 12.4. The van der Waals surface area contributed by atoms with Gasteiger partial charge in [0.1, 0.15) is 12.2 Å². The molecule has 0 unspecified atom stereocenters. The molecular formula is C15H13Cl3N8O. The summed E-state index contributed by atoms with van der Waals surface area (Å²) in [7, 11) is 0. The Morgan fingerprint density at radius 1 is 1.22 bits per heavy atom. The number of hydrogen-bond donors (Lipinski definition) is 2. The van der Waals surface area contributed by atoms with Crippen molar-refractivity contribution in [1.82, 2.24) is 34.7 Å². The van der Waals surface area contributed by atoms with E-state index in [1.54, 1.807) is 29.2 Å². The fourth-order valence-corrected chi connectivity index (χ4v) is 2.80. The number of hydrogen-bond acceptors (Lipinski definition) is 6. The minimum Gasteiger partial charge on any atom is -0.352 e. The first kappa shape index (κ1) is 19.2. The number of fused-ring (bicyclic) bond motifs is 1. The van der Waals surface area contributed by atoms with Gasteiger partial charge in [0.15, 0.2) is 5.52 Å². The summed E-state index contributed by atoms with van der Waals surface area (Å²) < 4.78 is 3.07. The van der Waals surface area contributed by atoms with Crippen molar-refractivity contribution >= 4 is 52.6 Å². The standard InChI is InChI=1S/C15H12Cl2N8O.ClH/c16-10-2-1-9(5-11(10)17)6-18-15-21-12-7-20-25(13(12)14(26)22-15)8-24-4-3-19-23-24;/h1-5,7H,6,8H2,(H2,18,21,22,26);1H. The zero-order valence-corrected chi connectivity index (χ0v) is 16.0. The quantitative estimate of drug-likeness (QED) is 0.507. The average Bonchev–Trinajstić information content (AvgIpc) is 3.27. The highest BCUT2D eigenvalue weighted by atomic mass is 35.5. The van der Waals surface area contributed by atoms with Crippen molar-refractivity contribution in [3.8, 4) is 0 Å². The number of anilines is 1. The number of halogens is 3. The Bertz CT molecular complexity index is 1120. The molecule has 0 amide bonds. The van der Waals surface area contributed by atoms with E-state index in [4.69, 9.17) is 23.2 Å². The number of aromatic amines is 1. The van der Waals surface area contributed by atoms with Crippen LogP contribution in [-0.2, 0) is 13.2 Å². The summed E-state index contributed by atoms with van der Waals surface area (Å²) >= 11 is 11.9. The monoisotopic (exact) mass is 426 g/mol. The third-order valence-electron chi connectivity index (χ3n) is 3.69. The molecule has 0 fully saturated rings. The van der Waals surface area contributed by atoms with Gasteiger partial charge >= 0.3 is 0 Å². The van der Waals surface area contributed by atoms with Crippen LogP contribution in [0.3, 0.4) is 0 Å². The number of aromatic nitrogens is 7. The Morgan fingerprint density at radius 2 is 2.07 bits per heavy atom. The molecule has 4 aromatic rings. The Balaban J connectivity index is 0.00000210. The van der Waals surface area contributed by atoms with Crippen LogP contribution >= 0.6 is 35.6 Å². The molecule has 12 heteroatoms. The lowest BCUT2D eigenvalue weighted by molar-refractivity contribution is 0.501. The molecule has 1 aromatic carbocycles. The van der Waals surface area contributed by atoms with Crippen molar-refractivity contribution in [3.63, 3.8) is 0 Å². The summed E-state index contributed by atoms with van der Waals surface area (Å²) in [5.41, 5.74) is 1.44. The third kappa shape index (κ3) is 4.05. The lowest BCUT2D eigenvalue weighted by Gasteiger charge is -2.07. The summed E-state index contributed by atoms with van der Waals surface area (Å²) in [4.78, 5) is 19.5. The molecule has 9 nitrogen and oxygen atoms in total. The molecule has 3 aromatic heterocycles. The van der Waals surface area contributed by atoms with Gasteiger partial charge < -0.3 is 5.32 Å². The van der Waals surface area contributed by atoms with Crippen molar-refractivity contribution < 1.29 is 0 Å². The van der Waals surface area contributed by atoms with Crippen LogP contribution in [0.25, 0.3) is 11.0 Å². The van der Waals surface area contributed by atoms with Crippen LogP contribution in [0.2, 0.25) is 10.0 Å². The fourth-order valence-electron chi connectivity index (χ4n) is 2.48. The molecule has 0 bridgehead atoms. The first-order valence-electron chi connectivity index (χ1n) is 7.58. The minimum absolute atomic E-state index is 0. The summed E-state index contributed by atoms with van der Waals surface area (Å²) in [6, 6.07) is 5.31. The Kier molecular flexibility index (Phi) is 5.64. The van der Waals surface area contributed by atoms with Crippen molar-refractivity contribution in [2.24, 2.45) is 0 Å². The SMILES string of the molecule is Cl.O=c1[nH]c(NCc2ccc(Cl)c(Cl)c2)nc2cnn(Cn3ccnn3)c12. The van der Waals surface area contributed by atoms with Crippen LogP contribution in [0.1, 0.15) is 5.56 Å². The largest absolute Gasteiger partial charge is 0.352 e. The van der Waals surface area contributed by atoms with Gasteiger partial charge in [-0.25, -0.2) is 14.3 Å². The van der Waals surface area contributed by atoms with E-state index in [1.807, 2.05) is 6.07 Å². The van der Waals surface area contributed by atoms with Crippen molar-refractivity contribution in [2.45, 2.75) is 13.2 Å². The van der Waals surface area contributed by atoms with E-state index < -0.39 is 0 Å². The number of nitrogens with one attached hydrogen (secondary N) is 2. The van der Waals surface area contributed by atoms with E-state index >= 15 is 0 Å². The van der Waals surface area contributed by atoms with Gasteiger partial charge in [-0.2, -0.15) is 5.10 Å². The van der Waals surface area contributed by atoms with Crippen molar-refractivity contribution in [1.29, 1.82) is 0 Å². The van der Waals surface area contributed by atoms with Crippen molar-refractivity contribution in [2.75, 3.05) is 5.32 Å². The number of H-pyrrole nitrogens is 1. The highest BCUT2D eigenvalue weighted by Crippen LogP contribution is 2.22. The molecule has 140 valence electrons. The molecule has 0 radical (unpaired) electrons. The minimum atomic E-state index is -0.302. The lowest BCUT2D eigenvalue weighted by atomic mass is 10.2. The molecule has 0 saturated heterocycles. The van der Waals surface area contributed by atoms with E-state index in [-0.39, 0.29) is 24.6 Å². The molecule has 27 heavy (non-hydrogen) atoms. The van der Waals surface area contributed by atoms with Crippen molar-refractivity contribution in [3.05, 3.63) is 62.8 Å². The van der Waals surface area contributed by atoms with Gasteiger partial charge in [-0.3, -0.25) is 9.78 Å². The fraction of sp³-hybridized carbons (Fsp3) is 0.133. The lowest BCUT2D eigenvalue weighted by Crippen LogP contribution is -2.18. The Morgan fingerprint density at radius 3 is 2.81 bits per heavy atom. The predicted octanol–water partition coefficient (Wildman–Crippen LogP) is 2.56. The van der Waals surface area contributed by atoms with Gasteiger partial charge in [-0.05, 0) is 17.7 Å². The van der Waals surface area contributed by atoms with Crippen LogP contribution in [0.5, 0.6) is 0 Å². The molecule has 0 spiro atoms. The Hall–Kier alpha value is -2.62. The zero-order valence-electron chi connectivity index (χ0n) is 13.6. The predicted molar refractivity (Wildman–Crippen MR) is 105 cm³/mol. The van der Waals surface area contributed by atoms with Gasteiger partial charge in [0.25, 0.3) is 5.56 Å². The maximum atomic E-state index is 12.4. The summed E-state index contributed by atoms with van der Waals surface area (Å²) in [6.07, 6.45) is 4.77. The molecule has 0 aliphatic carbocycles. The molecule has 3 heterocycles. The van der Waals surface area contributed by atoms with E-state index in [1.165, 1.54) is 10.9 Å². The normalized spacial score (nSPS) is 10.7. The summed E-state index contributed by atoms with van der Waals surface area (Å²) in [6.45, 7) is 0.697. The highest BCUT2D eigenvalue weighted by Gasteiger charge is 2.11. The molecule has 0 aliphatic heterocycles. The van der Waals surface area contributed by atoms with E-state index in [0.29, 0.717) is 33.6 Å². The van der Waals surface area contributed by atoms with E-state index in [2.05, 4.69) is 30.7 Å². The molecule has 4 rings (SSSR count). The average molecular weight is 428 g/mol. The van der Waals surface area contributed by atoms with E-state index in [0.717, 1.165) is 5.56 Å². The van der Waals surface area contributed by atoms with E-state index in [9.17, 15) is 4.79 Å². The number of rotatable bonds is 5. The van der Waals surface area contributed by atoms with Crippen LogP contribution in [0.4, 0.5) is 5.95 Å². The number of benzene rings is 1. The summed E-state index contributed by atoms with van der Waals surface area (Å²) in [5.74, 6) is 0.342. The van der Waals surface area contributed by atoms with Gasteiger partial charge in [-0.15, -0.1) is 17.5 Å². The number of nitrogens with zero attached hydrogens (tertiary/aromatic N) is 6. The van der Waals surface area contributed by atoms with Gasteiger partial charge in [0, 0.05) is 12.7 Å². The molecule has 2 N–H and O–H groups in total. The molecule has 0 atom stereocenters. The topological polar surface area (TPSA) is 106 Å². The van der Waals surface area contributed by atoms with Gasteiger partial charge in [0.2, 0.25) is 5.95 Å². The van der Waals surface area contributed by atoms with Crippen LogP contribution < -0.4 is 10.9 Å². The van der Waals surface area contributed by atoms with Crippen LogP contribution in [0.15, 0.2) is 41.6 Å². The maximum Gasteiger partial charge on any atom is 0.278 e. The second kappa shape index (κ2) is 7.95. The Labute approximate surface area is 168 Å². The first-order chi connectivity index (χ1) is 12.6. The first-order valence-corrected chi connectivity index (χ1v) is 8.33. The highest BCUT2D eigenvalue weighted by molar-refractivity contribution is 6.42. The zero-order chi connectivity index (χ0) is 18.1. The molecular weight excluding hydrogens is 415 g/mol. The van der Waals surface area contributed by atoms with Gasteiger partial charge in [-0.1, -0.05) is 34.5 Å². The van der Waals surface area contributed by atoms with Crippen LogP contribution in [-0.4, -0.2) is 34.7 Å². The second-order valence-corrected chi connectivity index (χ2v) is 6.29. The smallest absolute Gasteiger partial charge is 0.278 e. The second-order valence-electron chi connectivity index (χ2n) is 5.48. The molecule has 0 saturated carbocycles.